The molecule has 1 unspecified atom stereocenters. The number of aryl methyl sites for hydroxylation is 1. The summed E-state index contributed by atoms with van der Waals surface area (Å²) in [7, 11) is 0. The van der Waals surface area contributed by atoms with Gasteiger partial charge in [-0.25, -0.2) is 4.98 Å². The van der Waals surface area contributed by atoms with Crippen LogP contribution in [0, 0.1) is 6.92 Å². The van der Waals surface area contributed by atoms with Gasteiger partial charge in [-0.3, -0.25) is 9.89 Å². The second-order valence-electron chi connectivity index (χ2n) is 6.57. The Morgan fingerprint density at radius 3 is 2.59 bits per heavy atom. The zero-order valence-corrected chi connectivity index (χ0v) is 17.3. The minimum absolute atomic E-state index is 0.102. The van der Waals surface area contributed by atoms with Crippen LogP contribution in [0.15, 0.2) is 71.6 Å². The first kappa shape index (κ1) is 19.5. The Bertz CT molecular complexity index is 1140. The molecule has 4 rings (SSSR count). The minimum atomic E-state index is -0.412. The van der Waals surface area contributed by atoms with E-state index in [-0.39, 0.29) is 11.7 Å². The number of rotatable bonds is 6. The second kappa shape index (κ2) is 8.68. The van der Waals surface area contributed by atoms with Gasteiger partial charge in [-0.1, -0.05) is 66.2 Å². The fourth-order valence-corrected chi connectivity index (χ4v) is 4.42. The van der Waals surface area contributed by atoms with Gasteiger partial charge in [-0.15, -0.1) is 11.8 Å². The molecule has 0 saturated carbocycles. The van der Waals surface area contributed by atoms with E-state index in [1.54, 1.807) is 0 Å². The molecule has 2 N–H and O–H groups in total. The summed E-state index contributed by atoms with van der Waals surface area (Å²) in [4.78, 5) is 18.2. The van der Waals surface area contributed by atoms with Crippen molar-refractivity contribution < 1.29 is 4.79 Å². The van der Waals surface area contributed by atoms with Crippen LogP contribution in [-0.2, 0) is 4.79 Å². The van der Waals surface area contributed by atoms with Gasteiger partial charge in [0.25, 0.3) is 0 Å². The predicted octanol–water partition coefficient (Wildman–Crippen LogP) is 4.92. The van der Waals surface area contributed by atoms with Crippen LogP contribution < -0.4 is 5.32 Å². The summed E-state index contributed by atoms with van der Waals surface area (Å²) in [6.07, 6.45) is 0. The molecule has 4 aromatic rings. The molecule has 1 amide bonds. The Labute approximate surface area is 177 Å². The molecule has 1 atom stereocenters. The molecule has 5 nitrogen and oxygen atoms in total. The van der Waals surface area contributed by atoms with Crippen molar-refractivity contribution in [3.63, 3.8) is 0 Å². The van der Waals surface area contributed by atoms with Crippen molar-refractivity contribution in [2.24, 2.45) is 0 Å². The fourth-order valence-electron chi connectivity index (χ4n) is 3.16. The molecule has 0 aliphatic heterocycles. The van der Waals surface area contributed by atoms with E-state index in [9.17, 15) is 4.79 Å². The zero-order chi connectivity index (χ0) is 20.2. The number of halogens is 1. The fraction of sp³-hybridized carbons (Fsp3) is 0.136. The topological polar surface area (TPSA) is 70.7 Å². The van der Waals surface area contributed by atoms with E-state index < -0.39 is 6.04 Å². The van der Waals surface area contributed by atoms with Crippen molar-refractivity contribution in [3.05, 3.63) is 89.0 Å². The highest BCUT2D eigenvalue weighted by molar-refractivity contribution is 8.00. The lowest BCUT2D eigenvalue weighted by molar-refractivity contribution is -0.119. The maximum Gasteiger partial charge on any atom is 0.231 e. The Balaban J connectivity index is 1.52. The molecular formula is C22H19ClN4OS. The lowest BCUT2D eigenvalue weighted by Gasteiger charge is -2.16. The number of H-pyrrole nitrogens is 1. The van der Waals surface area contributed by atoms with E-state index in [1.807, 2.05) is 73.7 Å². The van der Waals surface area contributed by atoms with Gasteiger partial charge in [0.05, 0.1) is 5.75 Å². The normalized spacial score (nSPS) is 12.1. The number of aromatic amines is 1. The number of aromatic nitrogens is 3. The third-order valence-electron chi connectivity index (χ3n) is 4.49. The number of benzene rings is 3. The molecule has 0 radical (unpaired) electrons. The van der Waals surface area contributed by atoms with Gasteiger partial charge < -0.3 is 5.32 Å². The van der Waals surface area contributed by atoms with Crippen molar-refractivity contribution in [3.8, 4) is 0 Å². The molecule has 0 aliphatic carbocycles. The molecule has 146 valence electrons. The van der Waals surface area contributed by atoms with Crippen molar-refractivity contribution in [1.29, 1.82) is 0 Å². The van der Waals surface area contributed by atoms with E-state index >= 15 is 0 Å². The number of carbonyl (C=O) groups is 1. The molecule has 7 heteroatoms. The predicted molar refractivity (Wildman–Crippen MR) is 117 cm³/mol. The van der Waals surface area contributed by atoms with Crippen molar-refractivity contribution in [2.75, 3.05) is 5.75 Å². The molecule has 0 saturated heterocycles. The maximum atomic E-state index is 12.8. The van der Waals surface area contributed by atoms with E-state index in [0.717, 1.165) is 21.2 Å². The van der Waals surface area contributed by atoms with Crippen molar-refractivity contribution in [1.82, 2.24) is 20.5 Å². The van der Waals surface area contributed by atoms with Crippen LogP contribution in [0.1, 0.15) is 23.3 Å². The minimum Gasteiger partial charge on any atom is -0.341 e. The molecule has 0 spiro atoms. The average Bonchev–Trinajstić information content (AvgIpc) is 3.17. The average molecular weight is 423 g/mol. The van der Waals surface area contributed by atoms with Gasteiger partial charge in [0, 0.05) is 15.3 Å². The van der Waals surface area contributed by atoms with Crippen LogP contribution in [0.4, 0.5) is 0 Å². The number of fused-ring (bicyclic) bond motifs is 1. The number of hydrogen-bond acceptors (Lipinski definition) is 4. The Morgan fingerprint density at radius 1 is 1.10 bits per heavy atom. The molecule has 0 aliphatic rings. The summed E-state index contributed by atoms with van der Waals surface area (Å²) in [5.41, 5.74) is 0.929. The van der Waals surface area contributed by atoms with Gasteiger partial charge >= 0.3 is 0 Å². The van der Waals surface area contributed by atoms with Gasteiger partial charge in [0.1, 0.15) is 11.9 Å². The Hall–Kier alpha value is -2.83. The van der Waals surface area contributed by atoms with E-state index in [1.165, 1.54) is 11.8 Å². The van der Waals surface area contributed by atoms with E-state index in [0.29, 0.717) is 16.7 Å². The quantitative estimate of drug-likeness (QED) is 0.433. The summed E-state index contributed by atoms with van der Waals surface area (Å²) in [5, 5.41) is 12.9. The monoisotopic (exact) mass is 422 g/mol. The lowest BCUT2D eigenvalue weighted by atomic mass is 10.1. The standard InChI is InChI=1S/C22H19ClN4OS/c1-14-24-22(27-26-14)21(16-7-3-2-4-8-16)25-19(28)13-29-18-12-6-10-15-9-5-11-17(23)20(15)18/h2-12,21H,13H2,1H3,(H,25,28)(H,24,26,27). The lowest BCUT2D eigenvalue weighted by Crippen LogP contribution is -2.31. The third-order valence-corrected chi connectivity index (χ3v) is 5.86. The number of carbonyl (C=O) groups excluding carboxylic acids is 1. The van der Waals surface area contributed by atoms with E-state index in [4.69, 9.17) is 11.6 Å². The van der Waals surface area contributed by atoms with Crippen LogP contribution in [0.25, 0.3) is 10.8 Å². The third kappa shape index (κ3) is 4.44. The van der Waals surface area contributed by atoms with Crippen LogP contribution in [-0.4, -0.2) is 26.8 Å². The maximum absolute atomic E-state index is 12.8. The summed E-state index contributed by atoms with van der Waals surface area (Å²) in [6.45, 7) is 1.83. The van der Waals surface area contributed by atoms with Gasteiger partial charge in [0.15, 0.2) is 5.82 Å². The molecule has 1 aromatic heterocycles. The first-order valence-electron chi connectivity index (χ1n) is 9.15. The number of thioether (sulfide) groups is 1. The number of nitrogens with zero attached hydrogens (tertiary/aromatic N) is 2. The summed E-state index contributed by atoms with van der Waals surface area (Å²) < 4.78 is 0. The summed E-state index contributed by atoms with van der Waals surface area (Å²) in [6, 6.07) is 21.1. The Kier molecular flexibility index (Phi) is 5.83. The number of amides is 1. The SMILES string of the molecule is Cc1nc(C(NC(=O)CSc2cccc3cccc(Cl)c23)c2ccccc2)n[nH]1. The molecule has 0 bridgehead atoms. The number of nitrogens with one attached hydrogen (secondary N) is 2. The molecule has 0 fully saturated rings. The van der Waals surface area contributed by atoms with Gasteiger partial charge in [0.2, 0.25) is 5.91 Å². The van der Waals surface area contributed by atoms with Gasteiger partial charge in [-0.05, 0) is 30.0 Å². The van der Waals surface area contributed by atoms with Crippen molar-refractivity contribution in [2.45, 2.75) is 17.9 Å². The highest BCUT2D eigenvalue weighted by Gasteiger charge is 2.21. The molecule has 1 heterocycles. The second-order valence-corrected chi connectivity index (χ2v) is 8.00. The zero-order valence-electron chi connectivity index (χ0n) is 15.7. The van der Waals surface area contributed by atoms with Crippen LogP contribution >= 0.6 is 23.4 Å². The summed E-state index contributed by atoms with van der Waals surface area (Å²) in [5.74, 6) is 1.41. The van der Waals surface area contributed by atoms with Crippen LogP contribution in [0.5, 0.6) is 0 Å². The summed E-state index contributed by atoms with van der Waals surface area (Å²) >= 11 is 7.85. The molecule has 29 heavy (non-hydrogen) atoms. The first-order valence-corrected chi connectivity index (χ1v) is 10.5. The van der Waals surface area contributed by atoms with Gasteiger partial charge in [-0.2, -0.15) is 5.10 Å². The number of hydrogen-bond donors (Lipinski definition) is 2. The van der Waals surface area contributed by atoms with Crippen LogP contribution in [0.3, 0.4) is 0 Å². The largest absolute Gasteiger partial charge is 0.341 e. The molecule has 3 aromatic carbocycles. The Morgan fingerprint density at radius 2 is 1.86 bits per heavy atom. The smallest absolute Gasteiger partial charge is 0.231 e. The first-order chi connectivity index (χ1) is 14.1. The molecular weight excluding hydrogens is 404 g/mol. The van der Waals surface area contributed by atoms with Crippen molar-refractivity contribution >= 4 is 40.0 Å². The van der Waals surface area contributed by atoms with Crippen LogP contribution in [0.2, 0.25) is 5.02 Å². The highest BCUT2D eigenvalue weighted by atomic mass is 35.5. The van der Waals surface area contributed by atoms with E-state index in [2.05, 4.69) is 20.5 Å². The highest BCUT2D eigenvalue weighted by Crippen LogP contribution is 2.33.